The SMILES string of the molecule is CC(C)(C)ON=O.Clc1nc(Br)nc2c1sc1ccccc12.Nc1nc(Cl)c2sc3ccccc3c2n1.[Br][Cu][Br]. The van der Waals surface area contributed by atoms with Gasteiger partial charge < -0.3 is 10.6 Å². The summed E-state index contributed by atoms with van der Waals surface area (Å²) in [6.45, 7) is 5.28. The Hall–Kier alpha value is -1.22. The third kappa shape index (κ3) is 8.89. The van der Waals surface area contributed by atoms with Gasteiger partial charge in [-0.15, -0.1) is 27.6 Å². The molecule has 0 unspecified atom stereocenters. The molecule has 0 aliphatic rings. The third-order valence-electron chi connectivity index (χ3n) is 4.66. The van der Waals surface area contributed by atoms with Crippen molar-refractivity contribution in [3.63, 3.8) is 0 Å². The maximum atomic E-state index is 9.35. The quantitative estimate of drug-likeness (QED) is 0.0575. The van der Waals surface area contributed by atoms with E-state index in [9.17, 15) is 4.91 Å². The fourth-order valence-electron chi connectivity index (χ4n) is 3.22. The Kier molecular flexibility index (Phi) is 12.7. The molecule has 0 atom stereocenters. The van der Waals surface area contributed by atoms with Crippen LogP contribution in [0.2, 0.25) is 10.3 Å². The molecule has 0 radical (unpaired) electrons. The molecule has 0 aliphatic carbocycles. The predicted octanol–water partition coefficient (Wildman–Crippen LogP) is 10.5. The second-order valence-electron chi connectivity index (χ2n) is 8.53. The van der Waals surface area contributed by atoms with Crippen molar-refractivity contribution in [1.29, 1.82) is 0 Å². The van der Waals surface area contributed by atoms with Gasteiger partial charge in [0.05, 0.1) is 20.4 Å². The van der Waals surface area contributed by atoms with E-state index in [1.54, 1.807) is 43.4 Å². The monoisotopic (exact) mass is 857 g/mol. The first kappa shape index (κ1) is 33.3. The molecule has 8 nitrogen and oxygen atoms in total. The molecule has 0 bridgehead atoms. The molecule has 0 spiro atoms. The molecule has 4 aromatic heterocycles. The maximum absolute atomic E-state index is 9.35. The van der Waals surface area contributed by atoms with Crippen molar-refractivity contribution in [2.24, 2.45) is 5.34 Å². The standard InChI is InChI=1S/C10H4BrClN2S.C10H6ClN3S.C4H9NO2.2BrH.Cu/c11-10-13-7-5-3-1-2-4-6(5)15-8(7)9(12)14-10;11-9-8-7(13-10(12)14-9)5-3-1-2-4-6(5)15-8;1-4(2,3)7-5-6;;;/h1-4H;1-4H,(H2,12,13,14);1-3H3;2*1H;/q;;;;;+2/p-2. The Morgan fingerprint density at radius 2 is 1.30 bits per heavy atom. The van der Waals surface area contributed by atoms with Gasteiger partial charge in [-0.3, -0.25) is 0 Å². The van der Waals surface area contributed by atoms with Gasteiger partial charge in [-0.1, -0.05) is 59.6 Å². The zero-order chi connectivity index (χ0) is 29.4. The second-order valence-corrected chi connectivity index (χ2v) is 16.8. The minimum absolute atomic E-state index is 0.219. The first-order chi connectivity index (χ1) is 19.0. The number of nitrogen functional groups attached to an aromatic ring is 1. The number of nitrogens with two attached hydrogens (primary N) is 1. The summed E-state index contributed by atoms with van der Waals surface area (Å²) in [5, 5.41) is 5.40. The van der Waals surface area contributed by atoms with E-state index in [1.165, 1.54) is 16.0 Å². The van der Waals surface area contributed by atoms with Crippen LogP contribution in [0.15, 0.2) is 58.6 Å². The molecule has 0 saturated carbocycles. The number of fused-ring (bicyclic) bond motifs is 6. The van der Waals surface area contributed by atoms with Gasteiger partial charge in [0.2, 0.25) is 5.95 Å². The molecule has 2 aromatic carbocycles. The molecule has 40 heavy (non-hydrogen) atoms. The molecular weight excluding hydrogens is 843 g/mol. The molecule has 0 saturated heterocycles. The van der Waals surface area contributed by atoms with Crippen molar-refractivity contribution >= 4 is 137 Å². The van der Waals surface area contributed by atoms with Crippen molar-refractivity contribution in [3.05, 3.63) is 68.5 Å². The number of hydrogen-bond donors (Lipinski definition) is 1. The van der Waals surface area contributed by atoms with Gasteiger partial charge in [0.1, 0.15) is 5.60 Å². The van der Waals surface area contributed by atoms with Crippen molar-refractivity contribution in [2.75, 3.05) is 5.73 Å². The van der Waals surface area contributed by atoms with Gasteiger partial charge in [-0.05, 0) is 48.8 Å². The molecule has 6 aromatic rings. The summed E-state index contributed by atoms with van der Waals surface area (Å²) in [7, 11) is 0. The molecule has 4 heterocycles. The van der Waals surface area contributed by atoms with Gasteiger partial charge in [0.15, 0.2) is 20.4 Å². The van der Waals surface area contributed by atoms with E-state index in [2.05, 4.69) is 80.3 Å². The summed E-state index contributed by atoms with van der Waals surface area (Å²) in [4.78, 5) is 30.2. The van der Waals surface area contributed by atoms with Crippen molar-refractivity contribution in [1.82, 2.24) is 19.9 Å². The number of benzene rings is 2. The van der Waals surface area contributed by atoms with Crippen LogP contribution in [0, 0.1) is 4.91 Å². The molecular formula is C24H19Br3Cl2CuN6O2S2. The molecule has 0 fully saturated rings. The van der Waals surface area contributed by atoms with E-state index in [0.29, 0.717) is 15.0 Å². The Labute approximate surface area is 276 Å². The third-order valence-corrected chi connectivity index (χ3v) is 8.12. The molecule has 6 rings (SSSR count). The van der Waals surface area contributed by atoms with Crippen LogP contribution in [0.25, 0.3) is 40.6 Å². The zero-order valence-electron chi connectivity index (χ0n) is 20.8. The van der Waals surface area contributed by atoms with Crippen molar-refractivity contribution < 1.29 is 16.2 Å². The van der Waals surface area contributed by atoms with Crippen LogP contribution in [0.3, 0.4) is 0 Å². The molecule has 0 amide bonds. The van der Waals surface area contributed by atoms with Crippen LogP contribution in [0.1, 0.15) is 20.8 Å². The Morgan fingerprint density at radius 3 is 1.75 bits per heavy atom. The normalized spacial score (nSPS) is 10.9. The number of nitrogens with zero attached hydrogens (tertiary/aromatic N) is 5. The van der Waals surface area contributed by atoms with E-state index in [4.69, 9.17) is 28.9 Å². The fourth-order valence-corrected chi connectivity index (χ4v) is 6.30. The molecule has 215 valence electrons. The fraction of sp³-hybridized carbons (Fsp3) is 0.167. The first-order valence-corrected chi connectivity index (χ1v) is 18.7. The summed E-state index contributed by atoms with van der Waals surface area (Å²) >= 11 is 25.9. The Balaban J connectivity index is 0.000000168. The minimum atomic E-state index is -0.429. The van der Waals surface area contributed by atoms with Gasteiger partial charge >= 0.3 is 39.6 Å². The van der Waals surface area contributed by atoms with E-state index in [-0.39, 0.29) is 5.95 Å². The Morgan fingerprint density at radius 1 is 0.850 bits per heavy atom. The summed E-state index contributed by atoms with van der Waals surface area (Å²) in [6.07, 6.45) is 0. The molecule has 2 N–H and O–H groups in total. The summed E-state index contributed by atoms with van der Waals surface area (Å²) in [5.74, 6) is 0.219. The van der Waals surface area contributed by atoms with E-state index < -0.39 is 5.60 Å². The average Bonchev–Trinajstić information content (AvgIpc) is 3.44. The van der Waals surface area contributed by atoms with Crippen LogP contribution in [-0.4, -0.2) is 25.5 Å². The topological polar surface area (TPSA) is 116 Å². The van der Waals surface area contributed by atoms with Crippen molar-refractivity contribution in [3.8, 4) is 0 Å². The summed E-state index contributed by atoms with van der Waals surface area (Å²) in [5.41, 5.74) is 6.90. The van der Waals surface area contributed by atoms with Gasteiger partial charge in [-0.2, -0.15) is 4.98 Å². The number of halogens is 5. The van der Waals surface area contributed by atoms with Crippen LogP contribution in [0.4, 0.5) is 5.95 Å². The van der Waals surface area contributed by atoms with E-state index in [0.717, 1.165) is 35.9 Å². The van der Waals surface area contributed by atoms with Gasteiger partial charge in [0.25, 0.3) is 0 Å². The number of hydrogen-bond acceptors (Lipinski definition) is 10. The average molecular weight is 862 g/mol. The summed E-state index contributed by atoms with van der Waals surface area (Å²) in [6, 6.07) is 16.1. The van der Waals surface area contributed by atoms with E-state index >= 15 is 0 Å². The van der Waals surface area contributed by atoms with Crippen LogP contribution in [-0.2, 0) is 16.2 Å². The first-order valence-electron chi connectivity index (χ1n) is 10.9. The van der Waals surface area contributed by atoms with Crippen LogP contribution in [0.5, 0.6) is 0 Å². The van der Waals surface area contributed by atoms with Gasteiger partial charge in [-0.25, -0.2) is 15.0 Å². The zero-order valence-corrected chi connectivity index (χ0v) is 29.6. The Bertz CT molecular complexity index is 1650. The molecule has 0 aliphatic heterocycles. The predicted molar refractivity (Wildman–Crippen MR) is 176 cm³/mol. The van der Waals surface area contributed by atoms with E-state index in [1.807, 2.05) is 42.5 Å². The van der Waals surface area contributed by atoms with Crippen LogP contribution < -0.4 is 5.73 Å². The number of anilines is 1. The number of rotatable bonds is 1. The van der Waals surface area contributed by atoms with Crippen molar-refractivity contribution in [2.45, 2.75) is 26.4 Å². The number of aromatic nitrogens is 4. The van der Waals surface area contributed by atoms with Gasteiger partial charge in [0, 0.05) is 20.2 Å². The molecule has 16 heteroatoms. The second kappa shape index (κ2) is 15.3. The summed E-state index contributed by atoms with van der Waals surface area (Å²) < 4.78 is 4.70. The van der Waals surface area contributed by atoms with Crippen LogP contribution >= 0.6 is 90.0 Å². The number of thiophene rings is 2.